The number of aldehydes is 1. The third-order valence-electron chi connectivity index (χ3n) is 3.92. The molecule has 1 aromatic rings. The summed E-state index contributed by atoms with van der Waals surface area (Å²) in [6.45, 7) is 4.97. The fourth-order valence-electron chi connectivity index (χ4n) is 2.24. The Morgan fingerprint density at radius 3 is 2.62 bits per heavy atom. The number of hydrogen-bond acceptors (Lipinski definition) is 5. The van der Waals surface area contributed by atoms with E-state index in [0.29, 0.717) is 5.75 Å². The van der Waals surface area contributed by atoms with Crippen molar-refractivity contribution in [1.29, 1.82) is 0 Å². The van der Waals surface area contributed by atoms with Crippen LogP contribution < -0.4 is 4.74 Å². The predicted octanol–water partition coefficient (Wildman–Crippen LogP) is 2.17. The van der Waals surface area contributed by atoms with Crippen LogP contribution in [0.15, 0.2) is 24.3 Å². The second kappa shape index (κ2) is 6.26. The second-order valence-corrected chi connectivity index (χ2v) is 5.77. The highest BCUT2D eigenvalue weighted by atomic mass is 16.7. The summed E-state index contributed by atoms with van der Waals surface area (Å²) in [4.78, 5) is 29.2. The van der Waals surface area contributed by atoms with Crippen LogP contribution in [0.1, 0.15) is 31.7 Å². The lowest BCUT2D eigenvalue weighted by molar-refractivity contribution is -0.218. The lowest BCUT2D eigenvalue weighted by Gasteiger charge is -2.34. The first kappa shape index (κ1) is 15.5. The number of rotatable bonds is 6. The van der Waals surface area contributed by atoms with E-state index in [-0.39, 0.29) is 5.97 Å². The van der Waals surface area contributed by atoms with Gasteiger partial charge in [0.2, 0.25) is 0 Å². The smallest absolute Gasteiger partial charge is 0.331 e. The maximum atomic E-state index is 12.3. The van der Waals surface area contributed by atoms with E-state index in [4.69, 9.17) is 9.57 Å². The molecule has 1 unspecified atom stereocenters. The minimum absolute atomic E-state index is 0.387. The van der Waals surface area contributed by atoms with E-state index in [1.54, 1.807) is 38.2 Å². The van der Waals surface area contributed by atoms with Gasteiger partial charge in [0.1, 0.15) is 12.0 Å². The quantitative estimate of drug-likeness (QED) is 0.752. The molecule has 1 fully saturated rings. The molecule has 0 aromatic heterocycles. The molecule has 21 heavy (non-hydrogen) atoms. The van der Waals surface area contributed by atoms with Crippen molar-refractivity contribution in [3.8, 4) is 5.75 Å². The molecule has 1 aromatic carbocycles. The van der Waals surface area contributed by atoms with Crippen LogP contribution in [-0.2, 0) is 14.4 Å². The van der Waals surface area contributed by atoms with Crippen LogP contribution in [0.25, 0.3) is 0 Å². The summed E-state index contributed by atoms with van der Waals surface area (Å²) >= 11 is 0. The van der Waals surface area contributed by atoms with Gasteiger partial charge in [-0.2, -0.15) is 0 Å². The molecular formula is C16H21NO4. The molecule has 1 heterocycles. The number of carbonyl (C=O) groups excluding carboxylic acids is 2. The Morgan fingerprint density at radius 1 is 1.38 bits per heavy atom. The molecule has 0 aliphatic carbocycles. The van der Waals surface area contributed by atoms with Crippen molar-refractivity contribution in [3.63, 3.8) is 0 Å². The third kappa shape index (κ3) is 3.24. The minimum atomic E-state index is -0.941. The highest BCUT2D eigenvalue weighted by Gasteiger charge is 2.41. The largest absolute Gasteiger partial charge is 0.497 e. The average molecular weight is 291 g/mol. The monoisotopic (exact) mass is 291 g/mol. The minimum Gasteiger partial charge on any atom is -0.497 e. The first-order valence-electron chi connectivity index (χ1n) is 7.05. The maximum absolute atomic E-state index is 12.3. The predicted molar refractivity (Wildman–Crippen MR) is 77.9 cm³/mol. The highest BCUT2D eigenvalue weighted by Crippen LogP contribution is 2.36. The molecule has 5 nitrogen and oxygen atoms in total. The molecular weight excluding hydrogens is 270 g/mol. The molecule has 0 amide bonds. The first-order valence-corrected chi connectivity index (χ1v) is 7.05. The van der Waals surface area contributed by atoms with Crippen LogP contribution in [0.5, 0.6) is 5.75 Å². The summed E-state index contributed by atoms with van der Waals surface area (Å²) in [6.07, 6.45) is 1.83. The number of methoxy groups -OCH3 is 1. The Balaban J connectivity index is 2.20. The summed E-state index contributed by atoms with van der Waals surface area (Å²) in [6, 6.07) is 7.20. The Hall–Kier alpha value is -1.88. The van der Waals surface area contributed by atoms with Gasteiger partial charge in [0.15, 0.2) is 0 Å². The molecule has 1 aliphatic heterocycles. The molecule has 0 spiro atoms. The van der Waals surface area contributed by atoms with E-state index in [2.05, 4.69) is 0 Å². The zero-order chi connectivity index (χ0) is 15.5. The number of ether oxygens (including phenoxy) is 1. The first-order chi connectivity index (χ1) is 9.98. The summed E-state index contributed by atoms with van der Waals surface area (Å²) in [5.74, 6) is -0.310. The zero-order valence-corrected chi connectivity index (χ0v) is 12.7. The molecule has 0 radical (unpaired) electrons. The van der Waals surface area contributed by atoms with Crippen LogP contribution in [-0.4, -0.2) is 37.5 Å². The molecule has 1 aliphatic rings. The van der Waals surface area contributed by atoms with E-state index in [1.165, 1.54) is 0 Å². The molecule has 0 bridgehead atoms. The third-order valence-corrected chi connectivity index (χ3v) is 3.92. The van der Waals surface area contributed by atoms with Gasteiger partial charge in [-0.3, -0.25) is 0 Å². The Labute approximate surface area is 124 Å². The van der Waals surface area contributed by atoms with Crippen molar-refractivity contribution in [1.82, 2.24) is 5.06 Å². The van der Waals surface area contributed by atoms with Crippen LogP contribution in [0.3, 0.4) is 0 Å². The molecule has 114 valence electrons. The van der Waals surface area contributed by atoms with Gasteiger partial charge >= 0.3 is 5.97 Å². The van der Waals surface area contributed by atoms with E-state index >= 15 is 0 Å². The van der Waals surface area contributed by atoms with Gasteiger partial charge in [-0.15, -0.1) is 5.06 Å². The lowest BCUT2D eigenvalue weighted by Crippen LogP contribution is -2.44. The molecule has 0 N–H and O–H groups in total. The molecule has 1 atom stereocenters. The molecule has 2 rings (SSSR count). The SMILES string of the molecule is COc1cccc(C(C=O)C(C)(C)C(=O)ON2CCC2)c1. The van der Waals surface area contributed by atoms with Gasteiger partial charge in [-0.25, -0.2) is 4.79 Å². The van der Waals surface area contributed by atoms with E-state index in [0.717, 1.165) is 31.4 Å². The van der Waals surface area contributed by atoms with Crippen LogP contribution in [0.4, 0.5) is 0 Å². The number of nitrogens with zero attached hydrogens (tertiary/aromatic N) is 1. The Morgan fingerprint density at radius 2 is 2.10 bits per heavy atom. The molecule has 1 saturated heterocycles. The second-order valence-electron chi connectivity index (χ2n) is 5.77. The van der Waals surface area contributed by atoms with Crippen LogP contribution >= 0.6 is 0 Å². The van der Waals surface area contributed by atoms with E-state index in [9.17, 15) is 9.59 Å². The normalized spacial score (nSPS) is 16.7. The summed E-state index contributed by atoms with van der Waals surface area (Å²) in [5.41, 5.74) is -0.195. The zero-order valence-electron chi connectivity index (χ0n) is 12.7. The number of hydrogen-bond donors (Lipinski definition) is 0. The van der Waals surface area contributed by atoms with Gasteiger partial charge < -0.3 is 14.4 Å². The van der Waals surface area contributed by atoms with E-state index in [1.807, 2.05) is 12.1 Å². The van der Waals surface area contributed by atoms with Gasteiger partial charge in [0, 0.05) is 13.1 Å². The van der Waals surface area contributed by atoms with Gasteiger partial charge in [-0.05, 0) is 38.0 Å². The number of carbonyl (C=O) groups is 2. The van der Waals surface area contributed by atoms with Crippen molar-refractivity contribution in [3.05, 3.63) is 29.8 Å². The van der Waals surface area contributed by atoms with Gasteiger partial charge in [0.05, 0.1) is 18.4 Å². The van der Waals surface area contributed by atoms with Crippen LogP contribution in [0.2, 0.25) is 0 Å². The summed E-state index contributed by atoms with van der Waals surface area (Å²) in [5, 5.41) is 1.62. The standard InChI is InChI=1S/C16H21NO4/c1-16(2,15(19)21-17-8-5-9-17)14(11-18)12-6-4-7-13(10-12)20-3/h4,6-7,10-11,14H,5,8-9H2,1-3H3. The number of benzene rings is 1. The fraction of sp³-hybridized carbons (Fsp3) is 0.500. The summed E-state index contributed by atoms with van der Waals surface area (Å²) < 4.78 is 5.17. The molecule has 5 heteroatoms. The van der Waals surface area contributed by atoms with Crippen molar-refractivity contribution in [2.24, 2.45) is 5.41 Å². The maximum Gasteiger partial charge on any atom is 0.331 e. The van der Waals surface area contributed by atoms with Crippen molar-refractivity contribution in [2.75, 3.05) is 20.2 Å². The topological polar surface area (TPSA) is 55.8 Å². The molecule has 0 saturated carbocycles. The van der Waals surface area contributed by atoms with E-state index < -0.39 is 11.3 Å². The van der Waals surface area contributed by atoms with Crippen molar-refractivity contribution >= 4 is 12.3 Å². The summed E-state index contributed by atoms with van der Waals surface area (Å²) in [7, 11) is 1.57. The Bertz CT molecular complexity index is 523. The number of hydroxylamine groups is 2. The fourth-order valence-corrected chi connectivity index (χ4v) is 2.24. The van der Waals surface area contributed by atoms with Crippen molar-refractivity contribution < 1.29 is 19.2 Å². The Kier molecular flexibility index (Phi) is 4.63. The lowest BCUT2D eigenvalue weighted by atomic mass is 9.75. The van der Waals surface area contributed by atoms with Gasteiger partial charge in [-0.1, -0.05) is 12.1 Å². The average Bonchev–Trinajstić information content (AvgIpc) is 2.43. The van der Waals surface area contributed by atoms with Crippen LogP contribution in [0, 0.1) is 5.41 Å². The highest BCUT2D eigenvalue weighted by molar-refractivity contribution is 5.83. The van der Waals surface area contributed by atoms with Crippen molar-refractivity contribution in [2.45, 2.75) is 26.2 Å². The van der Waals surface area contributed by atoms with Gasteiger partial charge in [0.25, 0.3) is 0 Å².